The van der Waals surface area contributed by atoms with E-state index in [0.29, 0.717) is 0 Å². The molecule has 0 aliphatic carbocycles. The summed E-state index contributed by atoms with van der Waals surface area (Å²) in [5, 5.41) is 8.95. The predicted molar refractivity (Wildman–Crippen MR) is 94.7 cm³/mol. The van der Waals surface area contributed by atoms with E-state index < -0.39 is 21.7 Å². The minimum absolute atomic E-state index is 0.0318. The van der Waals surface area contributed by atoms with Gasteiger partial charge in [0.15, 0.2) is 11.4 Å². The van der Waals surface area contributed by atoms with Gasteiger partial charge in [0.05, 0.1) is 16.0 Å². The Morgan fingerprint density at radius 2 is 2.04 bits per heavy atom. The Morgan fingerprint density at radius 1 is 1.31 bits per heavy atom. The molecule has 3 aromatic rings. The van der Waals surface area contributed by atoms with Gasteiger partial charge in [0.25, 0.3) is 15.9 Å². The quantitative estimate of drug-likeness (QED) is 0.641. The fourth-order valence-corrected chi connectivity index (χ4v) is 4.04. The molecule has 1 aromatic heterocycles. The lowest BCUT2D eigenvalue weighted by atomic mass is 10.1. The standard InChI is InChI=1S/C16H7BrClFN2O4S/c17-13-5-10(2-1-8(13)6-20)26(23,24)21-16(22)12-7-25-15-11(12)3-9(18)4-14(15)19/h1-5,7H,(H,21,22). The number of benzene rings is 2. The molecule has 10 heteroatoms. The largest absolute Gasteiger partial charge is 0.460 e. The molecule has 0 saturated heterocycles. The Hall–Kier alpha value is -2.41. The number of rotatable bonds is 3. The van der Waals surface area contributed by atoms with Crippen molar-refractivity contribution in [3.8, 4) is 6.07 Å². The number of sulfonamides is 1. The first-order valence-electron chi connectivity index (χ1n) is 6.86. The lowest BCUT2D eigenvalue weighted by molar-refractivity contribution is 0.0982. The van der Waals surface area contributed by atoms with Crippen molar-refractivity contribution < 1.29 is 22.0 Å². The van der Waals surface area contributed by atoms with E-state index in [9.17, 15) is 17.6 Å². The fraction of sp³-hybridized carbons (Fsp3) is 0. The van der Waals surface area contributed by atoms with Crippen LogP contribution in [0.5, 0.6) is 0 Å². The van der Waals surface area contributed by atoms with Crippen molar-refractivity contribution in [2.24, 2.45) is 0 Å². The molecule has 1 amide bonds. The summed E-state index contributed by atoms with van der Waals surface area (Å²) in [5.74, 6) is -1.78. The molecule has 1 N–H and O–H groups in total. The van der Waals surface area contributed by atoms with Gasteiger partial charge in [-0.1, -0.05) is 11.6 Å². The third kappa shape index (κ3) is 3.31. The van der Waals surface area contributed by atoms with Crippen LogP contribution in [0, 0.1) is 17.1 Å². The number of carbonyl (C=O) groups excluding carboxylic acids is 1. The van der Waals surface area contributed by atoms with Crippen molar-refractivity contribution in [2.75, 3.05) is 0 Å². The van der Waals surface area contributed by atoms with Crippen LogP contribution >= 0.6 is 27.5 Å². The van der Waals surface area contributed by atoms with Crippen LogP contribution in [-0.2, 0) is 10.0 Å². The number of hydrogen-bond acceptors (Lipinski definition) is 5. The van der Waals surface area contributed by atoms with Crippen molar-refractivity contribution in [3.63, 3.8) is 0 Å². The van der Waals surface area contributed by atoms with E-state index >= 15 is 0 Å². The lowest BCUT2D eigenvalue weighted by Gasteiger charge is -2.07. The molecule has 1 heterocycles. The second kappa shape index (κ2) is 6.72. The number of nitrogens with one attached hydrogen (secondary N) is 1. The van der Waals surface area contributed by atoms with Crippen LogP contribution in [0.2, 0.25) is 5.02 Å². The van der Waals surface area contributed by atoms with Gasteiger partial charge in [-0.3, -0.25) is 4.79 Å². The Labute approximate surface area is 160 Å². The average molecular weight is 458 g/mol. The van der Waals surface area contributed by atoms with E-state index in [1.165, 1.54) is 24.3 Å². The smallest absolute Gasteiger partial charge is 0.268 e. The number of furan rings is 1. The molecule has 6 nitrogen and oxygen atoms in total. The van der Waals surface area contributed by atoms with Crippen molar-refractivity contribution in [1.82, 2.24) is 4.72 Å². The van der Waals surface area contributed by atoms with Gasteiger partial charge in [0.1, 0.15) is 12.3 Å². The minimum atomic E-state index is -4.23. The SMILES string of the molecule is N#Cc1ccc(S(=O)(=O)NC(=O)c2coc3c(F)cc(Cl)cc23)cc1Br. The Kier molecular flexibility index (Phi) is 4.75. The number of halogens is 3. The van der Waals surface area contributed by atoms with Gasteiger partial charge >= 0.3 is 0 Å². The van der Waals surface area contributed by atoms with Crippen LogP contribution in [0.1, 0.15) is 15.9 Å². The molecular formula is C16H7BrClFN2O4S. The summed E-state index contributed by atoms with van der Waals surface area (Å²) in [6.45, 7) is 0. The zero-order valence-corrected chi connectivity index (χ0v) is 15.7. The van der Waals surface area contributed by atoms with Gasteiger partial charge in [0.2, 0.25) is 0 Å². The second-order valence-corrected chi connectivity index (χ2v) is 8.07. The van der Waals surface area contributed by atoms with Gasteiger partial charge in [-0.15, -0.1) is 0 Å². The monoisotopic (exact) mass is 456 g/mol. The molecule has 132 valence electrons. The van der Waals surface area contributed by atoms with Gasteiger partial charge in [-0.2, -0.15) is 5.26 Å². The molecule has 0 radical (unpaired) electrons. The molecule has 0 spiro atoms. The number of fused-ring (bicyclic) bond motifs is 1. The third-order valence-electron chi connectivity index (χ3n) is 3.44. The Bertz CT molecular complexity index is 1200. The van der Waals surface area contributed by atoms with E-state index in [1.807, 2.05) is 10.8 Å². The molecule has 0 fully saturated rings. The van der Waals surface area contributed by atoms with Gasteiger partial charge in [-0.05, 0) is 46.3 Å². The van der Waals surface area contributed by atoms with Crippen LogP contribution in [0.15, 0.2) is 50.4 Å². The highest BCUT2D eigenvalue weighted by Crippen LogP contribution is 2.28. The highest BCUT2D eigenvalue weighted by molar-refractivity contribution is 9.10. The number of carbonyl (C=O) groups is 1. The number of hydrogen-bond donors (Lipinski definition) is 1. The molecular weight excluding hydrogens is 451 g/mol. The van der Waals surface area contributed by atoms with Crippen LogP contribution in [-0.4, -0.2) is 14.3 Å². The maximum absolute atomic E-state index is 13.8. The Morgan fingerprint density at radius 3 is 2.69 bits per heavy atom. The summed E-state index contributed by atoms with van der Waals surface area (Å²) in [5.41, 5.74) is -0.156. The highest BCUT2D eigenvalue weighted by Gasteiger charge is 2.23. The summed E-state index contributed by atoms with van der Waals surface area (Å²) < 4.78 is 45.7. The normalized spacial score (nSPS) is 11.3. The van der Waals surface area contributed by atoms with Crippen LogP contribution in [0.3, 0.4) is 0 Å². The predicted octanol–water partition coefficient (Wildman–Crippen LogP) is 3.98. The number of nitriles is 1. The first-order valence-corrected chi connectivity index (χ1v) is 9.51. The van der Waals surface area contributed by atoms with Crippen LogP contribution in [0.4, 0.5) is 4.39 Å². The molecule has 3 rings (SSSR count). The van der Waals surface area contributed by atoms with Crippen LogP contribution in [0.25, 0.3) is 11.0 Å². The van der Waals surface area contributed by atoms with Crippen molar-refractivity contribution >= 4 is 54.4 Å². The first kappa shape index (κ1) is 18.4. The first-order chi connectivity index (χ1) is 12.2. The fourth-order valence-electron chi connectivity index (χ4n) is 2.23. The van der Waals surface area contributed by atoms with E-state index in [2.05, 4.69) is 15.9 Å². The second-order valence-electron chi connectivity index (χ2n) is 5.10. The minimum Gasteiger partial charge on any atom is -0.460 e. The van der Waals surface area contributed by atoms with Gasteiger partial charge < -0.3 is 4.42 Å². The van der Waals surface area contributed by atoms with E-state index in [4.69, 9.17) is 21.3 Å². The maximum atomic E-state index is 13.8. The summed E-state index contributed by atoms with van der Waals surface area (Å²) in [6.07, 6.45) is 0.948. The summed E-state index contributed by atoms with van der Waals surface area (Å²) in [4.78, 5) is 12.1. The maximum Gasteiger partial charge on any atom is 0.268 e. The summed E-state index contributed by atoms with van der Waals surface area (Å²) in [7, 11) is -4.23. The third-order valence-corrected chi connectivity index (χ3v) is 5.64. The molecule has 0 atom stereocenters. The van der Waals surface area contributed by atoms with Gasteiger partial charge in [0, 0.05) is 14.9 Å². The molecule has 0 saturated carbocycles. The van der Waals surface area contributed by atoms with E-state index in [-0.39, 0.29) is 36.5 Å². The molecule has 0 aliphatic heterocycles. The van der Waals surface area contributed by atoms with E-state index in [1.54, 1.807) is 0 Å². The lowest BCUT2D eigenvalue weighted by Crippen LogP contribution is -2.30. The van der Waals surface area contributed by atoms with Crippen molar-refractivity contribution in [2.45, 2.75) is 4.90 Å². The Balaban J connectivity index is 1.97. The number of amides is 1. The van der Waals surface area contributed by atoms with Crippen molar-refractivity contribution in [1.29, 1.82) is 5.26 Å². The zero-order valence-electron chi connectivity index (χ0n) is 12.6. The van der Waals surface area contributed by atoms with Gasteiger partial charge in [-0.25, -0.2) is 17.5 Å². The molecule has 2 aromatic carbocycles. The van der Waals surface area contributed by atoms with Crippen LogP contribution < -0.4 is 4.72 Å². The molecule has 0 aliphatic rings. The number of nitrogens with zero attached hydrogens (tertiary/aromatic N) is 1. The summed E-state index contributed by atoms with van der Waals surface area (Å²) in [6, 6.07) is 7.86. The molecule has 0 unspecified atom stereocenters. The highest BCUT2D eigenvalue weighted by atomic mass is 79.9. The topological polar surface area (TPSA) is 100 Å². The molecule has 0 bridgehead atoms. The van der Waals surface area contributed by atoms with Crippen molar-refractivity contribution in [3.05, 3.63) is 63.0 Å². The summed E-state index contributed by atoms with van der Waals surface area (Å²) >= 11 is 8.85. The molecule has 26 heavy (non-hydrogen) atoms. The van der Waals surface area contributed by atoms with E-state index in [0.717, 1.165) is 12.3 Å². The average Bonchev–Trinajstić information content (AvgIpc) is 2.98. The zero-order chi connectivity index (χ0) is 19.1.